The van der Waals surface area contributed by atoms with Crippen LogP contribution < -0.4 is 0 Å². The van der Waals surface area contributed by atoms with Gasteiger partial charge in [0, 0.05) is 24.3 Å². The molecule has 0 spiro atoms. The lowest BCUT2D eigenvalue weighted by molar-refractivity contribution is -0.0701. The van der Waals surface area contributed by atoms with Crippen molar-refractivity contribution in [1.29, 1.82) is 0 Å². The molecule has 96 valence electrons. The smallest absolute Gasteiger partial charge is 0.117 e. The van der Waals surface area contributed by atoms with Crippen LogP contribution in [0.3, 0.4) is 0 Å². The molecule has 2 aromatic rings. The molecule has 0 saturated carbocycles. The van der Waals surface area contributed by atoms with Gasteiger partial charge in [-0.15, -0.1) is 0 Å². The Bertz CT molecular complexity index is 539. The molecular formula is C15H19NO2. The molecule has 1 atom stereocenters. The van der Waals surface area contributed by atoms with Gasteiger partial charge in [-0.1, -0.05) is 32.0 Å². The number of rotatable bonds is 4. The highest BCUT2D eigenvalue weighted by Crippen LogP contribution is 2.31. The van der Waals surface area contributed by atoms with Crippen LogP contribution in [0.15, 0.2) is 36.5 Å². The summed E-state index contributed by atoms with van der Waals surface area (Å²) in [5.41, 5.74) is 0.744. The highest BCUT2D eigenvalue weighted by molar-refractivity contribution is 5.78. The molecule has 0 bridgehead atoms. The SMILES string of the molecule is COCC(O)(c1cnc2ccccc2c1)C(C)C. The van der Waals surface area contributed by atoms with Gasteiger partial charge in [0.05, 0.1) is 12.1 Å². The number of benzene rings is 1. The summed E-state index contributed by atoms with van der Waals surface area (Å²) in [6, 6.07) is 9.88. The monoisotopic (exact) mass is 245 g/mol. The predicted octanol–water partition coefficient (Wildman–Crippen LogP) is 2.72. The third-order valence-corrected chi connectivity index (χ3v) is 3.41. The van der Waals surface area contributed by atoms with Crippen molar-refractivity contribution in [3.63, 3.8) is 0 Å². The van der Waals surface area contributed by atoms with Crippen LogP contribution in [0.2, 0.25) is 0 Å². The van der Waals surface area contributed by atoms with E-state index in [1.807, 2.05) is 44.2 Å². The molecule has 1 unspecified atom stereocenters. The van der Waals surface area contributed by atoms with Gasteiger partial charge in [-0.25, -0.2) is 0 Å². The molecule has 0 fully saturated rings. The molecule has 1 N–H and O–H groups in total. The number of aromatic nitrogens is 1. The number of fused-ring (bicyclic) bond motifs is 1. The minimum Gasteiger partial charge on any atom is -0.382 e. The van der Waals surface area contributed by atoms with Gasteiger partial charge in [0.2, 0.25) is 0 Å². The van der Waals surface area contributed by atoms with E-state index in [0.29, 0.717) is 0 Å². The van der Waals surface area contributed by atoms with Crippen molar-refractivity contribution in [3.05, 3.63) is 42.1 Å². The first-order chi connectivity index (χ1) is 8.58. The maximum absolute atomic E-state index is 10.8. The Morgan fingerprint density at radius 2 is 2.06 bits per heavy atom. The van der Waals surface area contributed by atoms with Gasteiger partial charge < -0.3 is 9.84 Å². The van der Waals surface area contributed by atoms with E-state index in [9.17, 15) is 5.11 Å². The highest BCUT2D eigenvalue weighted by atomic mass is 16.5. The van der Waals surface area contributed by atoms with Crippen molar-refractivity contribution >= 4 is 10.9 Å². The number of hydrogen-bond acceptors (Lipinski definition) is 3. The van der Waals surface area contributed by atoms with Crippen molar-refractivity contribution in [3.8, 4) is 0 Å². The third-order valence-electron chi connectivity index (χ3n) is 3.41. The first-order valence-electron chi connectivity index (χ1n) is 6.14. The zero-order valence-electron chi connectivity index (χ0n) is 11.1. The van der Waals surface area contributed by atoms with Crippen LogP contribution >= 0.6 is 0 Å². The number of ether oxygens (including phenoxy) is 1. The largest absolute Gasteiger partial charge is 0.382 e. The van der Waals surface area contributed by atoms with Crippen LogP contribution in [0.4, 0.5) is 0 Å². The molecule has 0 aliphatic rings. The van der Waals surface area contributed by atoms with Crippen molar-refractivity contribution in [2.75, 3.05) is 13.7 Å². The van der Waals surface area contributed by atoms with Gasteiger partial charge in [-0.2, -0.15) is 0 Å². The fraction of sp³-hybridized carbons (Fsp3) is 0.400. The van der Waals surface area contributed by atoms with Crippen LogP contribution in [0.25, 0.3) is 10.9 Å². The minimum atomic E-state index is -0.994. The first kappa shape index (κ1) is 13.0. The topological polar surface area (TPSA) is 42.4 Å². The van der Waals surface area contributed by atoms with E-state index >= 15 is 0 Å². The minimum absolute atomic E-state index is 0.0559. The van der Waals surface area contributed by atoms with E-state index in [1.54, 1.807) is 13.3 Å². The second kappa shape index (κ2) is 5.04. The van der Waals surface area contributed by atoms with Crippen LogP contribution in [0.5, 0.6) is 0 Å². The first-order valence-corrected chi connectivity index (χ1v) is 6.14. The van der Waals surface area contributed by atoms with Gasteiger partial charge in [0.25, 0.3) is 0 Å². The van der Waals surface area contributed by atoms with E-state index in [4.69, 9.17) is 4.74 Å². The molecule has 1 aromatic carbocycles. The molecule has 3 heteroatoms. The van der Waals surface area contributed by atoms with Gasteiger partial charge in [-0.3, -0.25) is 4.98 Å². The van der Waals surface area contributed by atoms with Crippen molar-refractivity contribution in [2.45, 2.75) is 19.4 Å². The quantitative estimate of drug-likeness (QED) is 0.900. The molecule has 0 radical (unpaired) electrons. The van der Waals surface area contributed by atoms with E-state index in [-0.39, 0.29) is 12.5 Å². The van der Waals surface area contributed by atoms with Gasteiger partial charge in [0.1, 0.15) is 5.60 Å². The summed E-state index contributed by atoms with van der Waals surface area (Å²) < 4.78 is 5.16. The summed E-state index contributed by atoms with van der Waals surface area (Å²) in [4.78, 5) is 4.40. The molecule has 2 rings (SSSR count). The number of pyridine rings is 1. The van der Waals surface area contributed by atoms with Crippen molar-refractivity contribution < 1.29 is 9.84 Å². The number of para-hydroxylation sites is 1. The Kier molecular flexibility index (Phi) is 3.64. The number of aliphatic hydroxyl groups is 1. The Morgan fingerprint density at radius 3 is 2.72 bits per heavy atom. The zero-order chi connectivity index (χ0) is 13.2. The molecule has 18 heavy (non-hydrogen) atoms. The van der Waals surface area contributed by atoms with E-state index in [1.165, 1.54) is 0 Å². The van der Waals surface area contributed by atoms with E-state index in [2.05, 4.69) is 4.98 Å². The lowest BCUT2D eigenvalue weighted by Gasteiger charge is -2.31. The van der Waals surface area contributed by atoms with Crippen molar-refractivity contribution in [2.24, 2.45) is 5.92 Å². The zero-order valence-corrected chi connectivity index (χ0v) is 11.1. The van der Waals surface area contributed by atoms with E-state index < -0.39 is 5.60 Å². The second-order valence-electron chi connectivity index (χ2n) is 4.93. The summed E-state index contributed by atoms with van der Waals surface area (Å²) >= 11 is 0. The van der Waals surface area contributed by atoms with Crippen LogP contribution in [0, 0.1) is 5.92 Å². The molecule has 3 nitrogen and oxygen atoms in total. The van der Waals surface area contributed by atoms with E-state index in [0.717, 1.165) is 16.5 Å². The average molecular weight is 245 g/mol. The highest BCUT2D eigenvalue weighted by Gasteiger charge is 2.33. The number of methoxy groups -OCH3 is 1. The molecule has 0 saturated heterocycles. The summed E-state index contributed by atoms with van der Waals surface area (Å²) in [6.45, 7) is 4.23. The lowest BCUT2D eigenvalue weighted by Crippen LogP contribution is -2.37. The van der Waals surface area contributed by atoms with Crippen LogP contribution in [-0.4, -0.2) is 23.8 Å². The number of hydrogen-bond donors (Lipinski definition) is 1. The van der Waals surface area contributed by atoms with Crippen LogP contribution in [0.1, 0.15) is 19.4 Å². The summed E-state index contributed by atoms with van der Waals surface area (Å²) in [5.74, 6) is 0.0559. The maximum atomic E-state index is 10.8. The Morgan fingerprint density at radius 1 is 1.33 bits per heavy atom. The van der Waals surface area contributed by atoms with Gasteiger partial charge >= 0.3 is 0 Å². The Hall–Kier alpha value is -1.45. The molecular weight excluding hydrogens is 226 g/mol. The predicted molar refractivity (Wildman–Crippen MR) is 72.4 cm³/mol. The second-order valence-corrected chi connectivity index (χ2v) is 4.93. The molecule has 0 amide bonds. The molecule has 0 aliphatic carbocycles. The fourth-order valence-electron chi connectivity index (χ4n) is 2.11. The molecule has 1 heterocycles. The molecule has 0 aliphatic heterocycles. The summed E-state index contributed by atoms with van der Waals surface area (Å²) in [5, 5.41) is 11.8. The van der Waals surface area contributed by atoms with Crippen molar-refractivity contribution in [1.82, 2.24) is 4.98 Å². The average Bonchev–Trinajstić information content (AvgIpc) is 2.38. The third kappa shape index (κ3) is 2.24. The summed E-state index contributed by atoms with van der Waals surface area (Å²) in [6.07, 6.45) is 1.74. The standard InChI is InChI=1S/C15H19NO2/c1-11(2)15(17,10-18-3)13-8-12-6-4-5-7-14(12)16-9-13/h4-9,11,17H,10H2,1-3H3. The molecule has 1 aromatic heterocycles. The van der Waals surface area contributed by atoms with Gasteiger partial charge in [0.15, 0.2) is 0 Å². The van der Waals surface area contributed by atoms with Gasteiger partial charge in [-0.05, 0) is 18.1 Å². The van der Waals surface area contributed by atoms with Crippen LogP contribution in [-0.2, 0) is 10.3 Å². The normalized spacial score (nSPS) is 14.9. The summed E-state index contributed by atoms with van der Waals surface area (Å²) in [7, 11) is 1.60. The Balaban J connectivity index is 2.51. The lowest BCUT2D eigenvalue weighted by atomic mass is 9.84. The maximum Gasteiger partial charge on any atom is 0.117 e. The fourth-order valence-corrected chi connectivity index (χ4v) is 2.11. The Labute approximate surface area is 107 Å². The number of nitrogens with zero attached hydrogens (tertiary/aromatic N) is 1.